The van der Waals surface area contributed by atoms with Crippen LogP contribution in [0.15, 0.2) is 18.7 Å². The van der Waals surface area contributed by atoms with Crippen molar-refractivity contribution in [3.05, 3.63) is 18.7 Å². The first-order chi connectivity index (χ1) is 9.15. The Morgan fingerprint density at radius 2 is 2.11 bits per heavy atom. The van der Waals surface area contributed by atoms with Crippen LogP contribution < -0.4 is 10.5 Å². The van der Waals surface area contributed by atoms with Crippen LogP contribution in [0, 0.1) is 0 Å². The molecule has 0 saturated heterocycles. The van der Waals surface area contributed by atoms with E-state index < -0.39 is 0 Å². The van der Waals surface area contributed by atoms with Crippen molar-refractivity contribution in [2.24, 2.45) is 0 Å². The fourth-order valence-electron chi connectivity index (χ4n) is 1.34. The number of hydrogen-bond donors (Lipinski definition) is 1. The van der Waals surface area contributed by atoms with Crippen molar-refractivity contribution in [2.45, 2.75) is 20.0 Å². The summed E-state index contributed by atoms with van der Waals surface area (Å²) in [4.78, 5) is 16.0. The van der Waals surface area contributed by atoms with Crippen LogP contribution >= 0.6 is 0 Å². The normalized spacial score (nSPS) is 10.9. The first-order valence-electron chi connectivity index (χ1n) is 5.89. The lowest BCUT2D eigenvalue weighted by molar-refractivity contribution is 0.0531. The molecule has 0 spiro atoms. The van der Waals surface area contributed by atoms with Crippen molar-refractivity contribution in [3.63, 3.8) is 0 Å². The summed E-state index contributed by atoms with van der Waals surface area (Å²) in [6, 6.07) is 0.170. The smallest absolute Gasteiger partial charge is 0.323 e. The van der Waals surface area contributed by atoms with Gasteiger partial charge in [0.15, 0.2) is 0 Å². The van der Waals surface area contributed by atoms with Gasteiger partial charge in [-0.05, 0) is 13.8 Å². The molecule has 2 N–H and O–H groups in total. The van der Waals surface area contributed by atoms with Gasteiger partial charge in [-0.3, -0.25) is 4.57 Å². The van der Waals surface area contributed by atoms with E-state index in [0.29, 0.717) is 19.2 Å². The van der Waals surface area contributed by atoms with Gasteiger partial charge in [0.05, 0.1) is 12.7 Å². The fraction of sp³-hybridized carbons (Fsp3) is 0.455. The summed E-state index contributed by atoms with van der Waals surface area (Å²) in [5.74, 6) is 0.461. The largest absolute Gasteiger partial charge is 0.461 e. The van der Waals surface area contributed by atoms with E-state index in [4.69, 9.17) is 15.2 Å². The molecule has 0 saturated carbocycles. The van der Waals surface area contributed by atoms with Gasteiger partial charge in [0.25, 0.3) is 0 Å². The zero-order valence-corrected chi connectivity index (χ0v) is 10.9. The Hall–Kier alpha value is -2.22. The molecule has 2 heterocycles. The number of imidazole rings is 1. The Bertz CT molecular complexity index is 514. The Labute approximate surface area is 110 Å². The second-order valence-corrected chi connectivity index (χ2v) is 4.01. The van der Waals surface area contributed by atoms with Crippen molar-refractivity contribution >= 4 is 5.95 Å². The molecule has 2 rings (SSSR count). The monoisotopic (exact) mass is 264 g/mol. The number of anilines is 1. The molecule has 0 aliphatic heterocycles. The molecule has 0 aliphatic rings. The molecule has 0 radical (unpaired) electrons. The van der Waals surface area contributed by atoms with Gasteiger partial charge in [-0.2, -0.15) is 15.0 Å². The van der Waals surface area contributed by atoms with Crippen LogP contribution in [0.2, 0.25) is 0 Å². The minimum absolute atomic E-state index is 0.0958. The Kier molecular flexibility index (Phi) is 4.24. The van der Waals surface area contributed by atoms with Crippen LogP contribution in [0.5, 0.6) is 6.01 Å². The van der Waals surface area contributed by atoms with Gasteiger partial charge >= 0.3 is 6.01 Å². The van der Waals surface area contributed by atoms with Gasteiger partial charge < -0.3 is 15.2 Å². The Morgan fingerprint density at radius 3 is 2.79 bits per heavy atom. The van der Waals surface area contributed by atoms with E-state index in [1.807, 2.05) is 13.8 Å². The summed E-state index contributed by atoms with van der Waals surface area (Å²) >= 11 is 0. The van der Waals surface area contributed by atoms with E-state index in [2.05, 4.69) is 19.9 Å². The number of hydrogen-bond acceptors (Lipinski definition) is 7. The van der Waals surface area contributed by atoms with Crippen LogP contribution in [0.4, 0.5) is 5.95 Å². The molecule has 0 bridgehead atoms. The number of rotatable bonds is 6. The molecular weight excluding hydrogens is 248 g/mol. The molecule has 19 heavy (non-hydrogen) atoms. The summed E-state index contributed by atoms with van der Waals surface area (Å²) < 4.78 is 12.3. The molecule has 8 heteroatoms. The van der Waals surface area contributed by atoms with Gasteiger partial charge in [0, 0.05) is 12.4 Å². The lowest BCUT2D eigenvalue weighted by atomic mass is 10.5. The summed E-state index contributed by atoms with van der Waals surface area (Å²) in [5.41, 5.74) is 5.61. The van der Waals surface area contributed by atoms with Crippen molar-refractivity contribution < 1.29 is 9.47 Å². The predicted molar refractivity (Wildman–Crippen MR) is 67.9 cm³/mol. The minimum atomic E-state index is 0.0958. The van der Waals surface area contributed by atoms with Crippen molar-refractivity contribution in [3.8, 4) is 12.0 Å². The van der Waals surface area contributed by atoms with Gasteiger partial charge in [-0.25, -0.2) is 4.98 Å². The van der Waals surface area contributed by atoms with Crippen LogP contribution in [-0.4, -0.2) is 43.8 Å². The highest BCUT2D eigenvalue weighted by atomic mass is 16.5. The maximum Gasteiger partial charge on any atom is 0.323 e. The number of nitrogens with zero attached hydrogens (tertiary/aromatic N) is 5. The predicted octanol–water partition coefficient (Wildman–Crippen LogP) is 0.443. The highest BCUT2D eigenvalue weighted by molar-refractivity contribution is 5.24. The zero-order chi connectivity index (χ0) is 13.7. The van der Waals surface area contributed by atoms with Gasteiger partial charge in [-0.15, -0.1) is 0 Å². The molecule has 0 aliphatic carbocycles. The molecule has 0 unspecified atom stereocenters. The molecule has 0 atom stereocenters. The van der Waals surface area contributed by atoms with E-state index in [1.165, 1.54) is 0 Å². The third-order valence-corrected chi connectivity index (χ3v) is 2.12. The average molecular weight is 264 g/mol. The summed E-state index contributed by atoms with van der Waals surface area (Å²) in [6.07, 6.45) is 5.06. The number of nitrogens with two attached hydrogens (primary N) is 1. The molecule has 0 aromatic carbocycles. The lowest BCUT2D eigenvalue weighted by Crippen LogP contribution is -2.14. The zero-order valence-electron chi connectivity index (χ0n) is 10.9. The highest BCUT2D eigenvalue weighted by Crippen LogP contribution is 2.08. The van der Waals surface area contributed by atoms with Gasteiger partial charge in [0.1, 0.15) is 12.9 Å². The van der Waals surface area contributed by atoms with Crippen LogP contribution in [0.1, 0.15) is 13.8 Å². The standard InChI is InChI=1S/C11H16N6O2/c1-8(2)18-5-6-19-11-15-9(12)14-10(16-11)17-4-3-13-7-17/h3-4,7-8H,5-6H2,1-2H3,(H2,12,14,15,16). The molecule has 8 nitrogen and oxygen atoms in total. The first kappa shape index (κ1) is 13.2. The number of aromatic nitrogens is 5. The number of ether oxygens (including phenoxy) is 2. The van der Waals surface area contributed by atoms with E-state index in [0.717, 1.165) is 0 Å². The highest BCUT2D eigenvalue weighted by Gasteiger charge is 2.07. The fourth-order valence-corrected chi connectivity index (χ4v) is 1.34. The van der Waals surface area contributed by atoms with Gasteiger partial charge in [-0.1, -0.05) is 0 Å². The summed E-state index contributed by atoms with van der Waals surface area (Å²) in [7, 11) is 0. The minimum Gasteiger partial charge on any atom is -0.461 e. The quantitative estimate of drug-likeness (QED) is 0.755. The maximum atomic E-state index is 5.61. The molecule has 2 aromatic heterocycles. The van der Waals surface area contributed by atoms with Crippen LogP contribution in [0.25, 0.3) is 5.95 Å². The topological polar surface area (TPSA) is 101 Å². The van der Waals surface area contributed by atoms with E-state index in [1.54, 1.807) is 23.3 Å². The second-order valence-electron chi connectivity index (χ2n) is 4.01. The average Bonchev–Trinajstić information content (AvgIpc) is 2.87. The maximum absolute atomic E-state index is 5.61. The molecular formula is C11H16N6O2. The van der Waals surface area contributed by atoms with Crippen molar-refractivity contribution in [1.82, 2.24) is 24.5 Å². The van der Waals surface area contributed by atoms with Crippen LogP contribution in [-0.2, 0) is 4.74 Å². The molecule has 0 fully saturated rings. The van der Waals surface area contributed by atoms with Gasteiger partial charge in [0.2, 0.25) is 11.9 Å². The van der Waals surface area contributed by atoms with Crippen LogP contribution in [0.3, 0.4) is 0 Å². The van der Waals surface area contributed by atoms with E-state index in [9.17, 15) is 0 Å². The molecule has 0 amide bonds. The number of nitrogen functional groups attached to an aromatic ring is 1. The van der Waals surface area contributed by atoms with Crippen molar-refractivity contribution in [2.75, 3.05) is 18.9 Å². The molecule has 102 valence electrons. The second kappa shape index (κ2) is 6.10. The first-order valence-corrected chi connectivity index (χ1v) is 5.89. The lowest BCUT2D eigenvalue weighted by Gasteiger charge is -2.09. The molecule has 2 aromatic rings. The third kappa shape index (κ3) is 3.88. The summed E-state index contributed by atoms with van der Waals surface area (Å²) in [5, 5.41) is 0. The van der Waals surface area contributed by atoms with Crippen molar-refractivity contribution in [1.29, 1.82) is 0 Å². The van der Waals surface area contributed by atoms with E-state index >= 15 is 0 Å². The SMILES string of the molecule is CC(C)OCCOc1nc(N)nc(-n2ccnc2)n1. The Balaban J connectivity index is 2.01. The third-order valence-electron chi connectivity index (χ3n) is 2.12. The summed E-state index contributed by atoms with van der Waals surface area (Å²) in [6.45, 7) is 4.73. The van der Waals surface area contributed by atoms with E-state index in [-0.39, 0.29) is 18.1 Å². The Morgan fingerprint density at radius 1 is 1.26 bits per heavy atom.